The predicted molar refractivity (Wildman–Crippen MR) is 114 cm³/mol. The molecule has 0 saturated heterocycles. The van der Waals surface area contributed by atoms with Gasteiger partial charge in [0, 0.05) is 28.6 Å². The van der Waals surface area contributed by atoms with Crippen molar-refractivity contribution in [3.05, 3.63) is 39.9 Å². The maximum atomic E-state index is 12.1. The number of thiazole rings is 1. The van der Waals surface area contributed by atoms with Crippen molar-refractivity contribution in [3.8, 4) is 0 Å². The molecule has 28 heavy (non-hydrogen) atoms. The van der Waals surface area contributed by atoms with Crippen LogP contribution in [0.1, 0.15) is 49.8 Å². The molecule has 1 heterocycles. The topological polar surface area (TPSA) is 83.1 Å². The lowest BCUT2D eigenvalue weighted by atomic mass is 9.96. The summed E-state index contributed by atoms with van der Waals surface area (Å²) in [7, 11) is 0. The van der Waals surface area contributed by atoms with Crippen LogP contribution in [0.15, 0.2) is 23.6 Å². The highest BCUT2D eigenvalue weighted by Crippen LogP contribution is 2.21. The van der Waals surface area contributed by atoms with Crippen LogP contribution >= 0.6 is 22.9 Å². The molecule has 3 amide bonds. The van der Waals surface area contributed by atoms with Crippen LogP contribution in [-0.2, 0) is 11.2 Å². The number of rotatable bonds is 6. The number of benzene rings is 1. The van der Waals surface area contributed by atoms with Crippen molar-refractivity contribution in [2.45, 2.75) is 57.9 Å². The van der Waals surface area contributed by atoms with Crippen LogP contribution in [0.4, 0.5) is 15.6 Å². The molecule has 1 fully saturated rings. The van der Waals surface area contributed by atoms with E-state index in [1.165, 1.54) is 30.6 Å². The van der Waals surface area contributed by atoms with E-state index < -0.39 is 0 Å². The quantitative estimate of drug-likeness (QED) is 0.605. The van der Waals surface area contributed by atoms with Crippen molar-refractivity contribution in [2.24, 2.45) is 0 Å². The Morgan fingerprint density at radius 3 is 2.75 bits per heavy atom. The van der Waals surface area contributed by atoms with Crippen LogP contribution in [0.3, 0.4) is 0 Å². The molecule has 1 saturated carbocycles. The first-order valence-corrected chi connectivity index (χ1v) is 10.8. The van der Waals surface area contributed by atoms with Crippen molar-refractivity contribution in [1.82, 2.24) is 10.3 Å². The maximum absolute atomic E-state index is 12.1. The van der Waals surface area contributed by atoms with Gasteiger partial charge in [-0.05, 0) is 43.9 Å². The Labute approximate surface area is 174 Å². The fraction of sp³-hybridized carbons (Fsp3) is 0.450. The van der Waals surface area contributed by atoms with E-state index in [-0.39, 0.29) is 18.0 Å². The van der Waals surface area contributed by atoms with E-state index in [0.29, 0.717) is 28.7 Å². The van der Waals surface area contributed by atoms with Crippen LogP contribution in [0.25, 0.3) is 0 Å². The zero-order chi connectivity index (χ0) is 19.9. The minimum Gasteiger partial charge on any atom is -0.335 e. The summed E-state index contributed by atoms with van der Waals surface area (Å²) in [4.78, 5) is 28.6. The Morgan fingerprint density at radius 1 is 1.21 bits per heavy atom. The van der Waals surface area contributed by atoms with E-state index in [1.54, 1.807) is 6.07 Å². The predicted octanol–water partition coefficient (Wildman–Crippen LogP) is 5.13. The first-order chi connectivity index (χ1) is 13.5. The van der Waals surface area contributed by atoms with E-state index in [4.69, 9.17) is 11.6 Å². The highest BCUT2D eigenvalue weighted by atomic mass is 35.5. The molecular weight excluding hydrogens is 396 g/mol. The number of aromatic nitrogens is 1. The summed E-state index contributed by atoms with van der Waals surface area (Å²) >= 11 is 7.44. The van der Waals surface area contributed by atoms with E-state index in [1.807, 2.05) is 24.4 Å². The molecular formula is C20H25ClN4O2S. The number of carbonyl (C=O) groups is 2. The Balaban J connectivity index is 1.42. The molecule has 0 spiro atoms. The Bertz CT molecular complexity index is 833. The van der Waals surface area contributed by atoms with E-state index in [0.717, 1.165) is 24.1 Å². The SMILES string of the molecule is Cc1ccc(NC(=O)CCc2csc(NC(=O)NC3CCCCC3)n2)cc1Cl. The number of nitrogens with zero attached hydrogens (tertiary/aromatic N) is 1. The van der Waals surface area contributed by atoms with Crippen LogP contribution in [0.5, 0.6) is 0 Å². The third kappa shape index (κ3) is 6.21. The summed E-state index contributed by atoms with van der Waals surface area (Å²) < 4.78 is 0. The third-order valence-corrected chi connectivity index (χ3v) is 5.99. The Hall–Kier alpha value is -2.12. The summed E-state index contributed by atoms with van der Waals surface area (Å²) in [5.74, 6) is -0.0996. The number of amides is 3. The van der Waals surface area contributed by atoms with E-state index >= 15 is 0 Å². The molecule has 0 radical (unpaired) electrons. The smallest absolute Gasteiger partial charge is 0.321 e. The van der Waals surface area contributed by atoms with E-state index in [9.17, 15) is 9.59 Å². The molecule has 1 aliphatic rings. The van der Waals surface area contributed by atoms with Gasteiger partial charge in [0.25, 0.3) is 0 Å². The van der Waals surface area contributed by atoms with Gasteiger partial charge in [-0.2, -0.15) is 0 Å². The molecule has 1 aliphatic carbocycles. The highest BCUT2D eigenvalue weighted by Gasteiger charge is 2.16. The highest BCUT2D eigenvalue weighted by molar-refractivity contribution is 7.13. The van der Waals surface area contributed by atoms with Gasteiger partial charge in [-0.1, -0.05) is 36.9 Å². The number of anilines is 2. The minimum absolute atomic E-state index is 0.0996. The zero-order valence-corrected chi connectivity index (χ0v) is 17.5. The van der Waals surface area contributed by atoms with Gasteiger partial charge in [0.15, 0.2) is 5.13 Å². The van der Waals surface area contributed by atoms with Gasteiger partial charge in [0.05, 0.1) is 5.69 Å². The second kappa shape index (κ2) is 9.89. The number of carbonyl (C=O) groups excluding carboxylic acids is 2. The minimum atomic E-state index is -0.207. The third-order valence-electron chi connectivity index (χ3n) is 4.78. The van der Waals surface area contributed by atoms with Gasteiger partial charge in [0.1, 0.15) is 0 Å². The van der Waals surface area contributed by atoms with Crippen LogP contribution < -0.4 is 16.0 Å². The molecule has 1 aromatic carbocycles. The van der Waals surface area contributed by atoms with Gasteiger partial charge >= 0.3 is 6.03 Å². The van der Waals surface area contributed by atoms with Crippen molar-refractivity contribution >= 4 is 45.7 Å². The lowest BCUT2D eigenvalue weighted by Crippen LogP contribution is -2.38. The molecule has 0 unspecified atom stereocenters. The normalized spacial score (nSPS) is 14.5. The van der Waals surface area contributed by atoms with Crippen LogP contribution in [-0.4, -0.2) is 23.0 Å². The van der Waals surface area contributed by atoms with Gasteiger partial charge in [0.2, 0.25) is 5.91 Å². The molecule has 2 aromatic rings. The van der Waals surface area contributed by atoms with Gasteiger partial charge < -0.3 is 10.6 Å². The van der Waals surface area contributed by atoms with Crippen molar-refractivity contribution < 1.29 is 9.59 Å². The van der Waals surface area contributed by atoms with Gasteiger partial charge in [-0.3, -0.25) is 10.1 Å². The number of halogens is 1. The fourth-order valence-corrected chi connectivity index (χ4v) is 4.10. The summed E-state index contributed by atoms with van der Waals surface area (Å²) in [6, 6.07) is 5.49. The van der Waals surface area contributed by atoms with E-state index in [2.05, 4.69) is 20.9 Å². The molecule has 0 bridgehead atoms. The van der Waals surface area contributed by atoms with Crippen LogP contribution in [0, 0.1) is 6.92 Å². The molecule has 150 valence electrons. The van der Waals surface area contributed by atoms with Crippen LogP contribution in [0.2, 0.25) is 5.02 Å². The lowest BCUT2D eigenvalue weighted by molar-refractivity contribution is -0.116. The average molecular weight is 421 g/mol. The molecule has 6 nitrogen and oxygen atoms in total. The number of hydrogen-bond acceptors (Lipinski definition) is 4. The molecule has 1 aromatic heterocycles. The largest absolute Gasteiger partial charge is 0.335 e. The first-order valence-electron chi connectivity index (χ1n) is 9.57. The second-order valence-corrected chi connectivity index (χ2v) is 8.35. The Morgan fingerprint density at radius 2 is 2.00 bits per heavy atom. The Kier molecular flexibility index (Phi) is 7.28. The summed E-state index contributed by atoms with van der Waals surface area (Å²) in [5, 5.41) is 11.7. The molecule has 0 atom stereocenters. The van der Waals surface area contributed by atoms with Crippen molar-refractivity contribution in [2.75, 3.05) is 10.6 Å². The summed E-state index contributed by atoms with van der Waals surface area (Å²) in [5.41, 5.74) is 2.44. The zero-order valence-electron chi connectivity index (χ0n) is 15.9. The molecule has 0 aliphatic heterocycles. The number of urea groups is 1. The average Bonchev–Trinajstić information content (AvgIpc) is 3.11. The van der Waals surface area contributed by atoms with Crippen molar-refractivity contribution in [1.29, 1.82) is 0 Å². The monoisotopic (exact) mass is 420 g/mol. The van der Waals surface area contributed by atoms with Gasteiger partial charge in [-0.15, -0.1) is 11.3 Å². The fourth-order valence-electron chi connectivity index (χ4n) is 3.18. The van der Waals surface area contributed by atoms with Gasteiger partial charge in [-0.25, -0.2) is 9.78 Å². The number of aryl methyl sites for hydroxylation is 2. The summed E-state index contributed by atoms with van der Waals surface area (Å²) in [6.07, 6.45) is 6.49. The molecule has 3 rings (SSSR count). The van der Waals surface area contributed by atoms with Crippen molar-refractivity contribution in [3.63, 3.8) is 0 Å². The second-order valence-electron chi connectivity index (χ2n) is 7.09. The first kappa shape index (κ1) is 20.6. The lowest BCUT2D eigenvalue weighted by Gasteiger charge is -2.22. The molecule has 8 heteroatoms. The number of nitrogens with one attached hydrogen (secondary N) is 3. The summed E-state index contributed by atoms with van der Waals surface area (Å²) in [6.45, 7) is 1.91. The maximum Gasteiger partial charge on any atom is 0.321 e. The number of hydrogen-bond donors (Lipinski definition) is 3. The standard InChI is InChI=1S/C20H25ClN4O2S/c1-13-7-8-15(11-17(13)21)22-18(26)10-9-16-12-28-20(24-16)25-19(27)23-14-5-3-2-4-6-14/h7-8,11-12,14H,2-6,9-10H2,1H3,(H,22,26)(H2,23,24,25,27). The molecule has 3 N–H and O–H groups in total.